The van der Waals surface area contributed by atoms with Crippen molar-refractivity contribution in [3.8, 4) is 0 Å². The summed E-state index contributed by atoms with van der Waals surface area (Å²) in [4.78, 5) is 14.8. The van der Waals surface area contributed by atoms with Crippen molar-refractivity contribution in [1.82, 2.24) is 4.90 Å². The topological polar surface area (TPSA) is 68.2 Å². The van der Waals surface area contributed by atoms with E-state index in [0.29, 0.717) is 13.0 Å². The van der Waals surface area contributed by atoms with Crippen molar-refractivity contribution in [2.24, 2.45) is 0 Å². The summed E-state index contributed by atoms with van der Waals surface area (Å²) in [5.74, 6) is -0.765. The summed E-state index contributed by atoms with van der Waals surface area (Å²) in [6, 6.07) is 9.38. The maximum Gasteiger partial charge on any atom is 0.410 e. The first-order chi connectivity index (χ1) is 13.9. The van der Waals surface area contributed by atoms with Crippen molar-refractivity contribution < 1.29 is 24.1 Å². The minimum absolute atomic E-state index is 0.221. The van der Waals surface area contributed by atoms with Crippen LogP contribution in [-0.4, -0.2) is 52.8 Å². The largest absolute Gasteiger partial charge is 0.445 e. The molecule has 3 aliphatic rings. The van der Waals surface area contributed by atoms with E-state index in [2.05, 4.69) is 6.08 Å². The molecule has 1 heterocycles. The van der Waals surface area contributed by atoms with Crippen molar-refractivity contribution in [1.29, 1.82) is 0 Å². The molecule has 4 rings (SSSR count). The molecular weight excluding hydrogens is 370 g/mol. The van der Waals surface area contributed by atoms with E-state index in [1.807, 2.05) is 44.2 Å². The Balaban J connectivity index is 1.50. The van der Waals surface area contributed by atoms with Gasteiger partial charge in [-0.2, -0.15) is 0 Å². The number of carbonyl (C=O) groups is 1. The second-order valence-corrected chi connectivity index (χ2v) is 8.70. The lowest BCUT2D eigenvalue weighted by Gasteiger charge is -2.31. The van der Waals surface area contributed by atoms with Gasteiger partial charge in [0, 0.05) is 6.54 Å². The predicted molar refractivity (Wildman–Crippen MR) is 108 cm³/mol. The van der Waals surface area contributed by atoms with Crippen LogP contribution in [0.15, 0.2) is 42.0 Å². The van der Waals surface area contributed by atoms with E-state index in [-0.39, 0.29) is 24.8 Å². The van der Waals surface area contributed by atoms with E-state index < -0.39 is 18.0 Å². The Bertz CT molecular complexity index is 739. The lowest BCUT2D eigenvalue weighted by molar-refractivity contribution is -0.167. The summed E-state index contributed by atoms with van der Waals surface area (Å²) < 4.78 is 17.6. The zero-order chi connectivity index (χ0) is 20.4. The Morgan fingerprint density at radius 1 is 1.21 bits per heavy atom. The van der Waals surface area contributed by atoms with Crippen LogP contribution in [0.25, 0.3) is 0 Å². The van der Waals surface area contributed by atoms with Crippen LogP contribution in [0.1, 0.15) is 51.5 Å². The van der Waals surface area contributed by atoms with Crippen molar-refractivity contribution in [2.75, 3.05) is 6.54 Å². The molecule has 1 aromatic rings. The summed E-state index contributed by atoms with van der Waals surface area (Å²) in [6.45, 7) is 4.37. The molecule has 0 unspecified atom stereocenters. The van der Waals surface area contributed by atoms with Gasteiger partial charge in [0.2, 0.25) is 0 Å². The summed E-state index contributed by atoms with van der Waals surface area (Å²) >= 11 is 0. The first kappa shape index (κ1) is 20.4. The molecule has 0 radical (unpaired) electrons. The Hall–Kier alpha value is -1.89. The van der Waals surface area contributed by atoms with Gasteiger partial charge in [0.1, 0.15) is 18.8 Å². The number of hydrogen-bond donors (Lipinski definition) is 1. The highest BCUT2D eigenvalue weighted by atomic mass is 16.8. The quantitative estimate of drug-likeness (QED) is 0.761. The third-order valence-corrected chi connectivity index (χ3v) is 6.07. The molecule has 4 atom stereocenters. The summed E-state index contributed by atoms with van der Waals surface area (Å²) in [5, 5.41) is 10.5. The molecule has 0 bridgehead atoms. The second-order valence-electron chi connectivity index (χ2n) is 8.70. The molecule has 6 nitrogen and oxygen atoms in total. The van der Waals surface area contributed by atoms with Gasteiger partial charge in [-0.3, -0.25) is 4.90 Å². The molecule has 0 aromatic heterocycles. The van der Waals surface area contributed by atoms with Gasteiger partial charge in [0.15, 0.2) is 5.79 Å². The fraction of sp³-hybridized carbons (Fsp3) is 0.609. The number of ether oxygens (including phenoxy) is 3. The number of fused-ring (bicyclic) bond motifs is 1. The minimum atomic E-state index is -0.765. The van der Waals surface area contributed by atoms with E-state index in [1.54, 1.807) is 4.90 Å². The number of rotatable bonds is 5. The predicted octanol–water partition coefficient (Wildman–Crippen LogP) is 3.78. The van der Waals surface area contributed by atoms with Gasteiger partial charge in [0.25, 0.3) is 0 Å². The van der Waals surface area contributed by atoms with Gasteiger partial charge in [-0.25, -0.2) is 4.79 Å². The Labute approximate surface area is 172 Å². The van der Waals surface area contributed by atoms with Crippen LogP contribution < -0.4 is 0 Å². The maximum absolute atomic E-state index is 13.1. The van der Waals surface area contributed by atoms with Crippen LogP contribution in [-0.2, 0) is 20.8 Å². The van der Waals surface area contributed by atoms with Gasteiger partial charge in [-0.05, 0) is 51.5 Å². The van der Waals surface area contributed by atoms with Crippen LogP contribution in [0.2, 0.25) is 0 Å². The number of allylic oxidation sites excluding steroid dienone is 1. The molecule has 0 spiro atoms. The van der Waals surface area contributed by atoms with Gasteiger partial charge in [-0.1, -0.05) is 42.0 Å². The number of hydrogen-bond acceptors (Lipinski definition) is 5. The number of aliphatic hydroxyl groups excluding tert-OH is 1. The Morgan fingerprint density at radius 2 is 1.90 bits per heavy atom. The molecule has 1 aromatic carbocycles. The standard InChI is InChI=1S/C23H31NO5/c1-23(2)28-20-18(14-19(25)21(20)29-23)24(13-12-16-8-6-7-9-16)22(26)27-15-17-10-4-3-5-11-17/h3-5,10-12,18-21,25H,6-9,13-15H2,1-2H3/t18-,19+,20+,21-/m1/s1. The minimum Gasteiger partial charge on any atom is -0.445 e. The van der Waals surface area contributed by atoms with Crippen LogP contribution in [0.4, 0.5) is 4.79 Å². The normalized spacial score (nSPS) is 30.2. The fourth-order valence-electron chi connectivity index (χ4n) is 4.64. The highest BCUT2D eigenvalue weighted by Crippen LogP contribution is 2.40. The third-order valence-electron chi connectivity index (χ3n) is 6.07. The molecule has 158 valence electrons. The molecule has 2 aliphatic carbocycles. The highest BCUT2D eigenvalue weighted by molar-refractivity contribution is 5.68. The molecule has 1 saturated heterocycles. The van der Waals surface area contributed by atoms with Crippen LogP contribution in [0.5, 0.6) is 0 Å². The number of aliphatic hydroxyl groups is 1. The van der Waals surface area contributed by atoms with E-state index in [4.69, 9.17) is 14.2 Å². The van der Waals surface area contributed by atoms with Crippen LogP contribution in [0.3, 0.4) is 0 Å². The molecule has 1 aliphatic heterocycles. The van der Waals surface area contributed by atoms with Gasteiger partial charge < -0.3 is 19.3 Å². The van der Waals surface area contributed by atoms with Crippen molar-refractivity contribution in [3.05, 3.63) is 47.5 Å². The third kappa shape index (κ3) is 4.65. The highest BCUT2D eigenvalue weighted by Gasteiger charge is 2.56. The number of nitrogens with zero attached hydrogens (tertiary/aromatic N) is 1. The molecule has 6 heteroatoms. The first-order valence-electron chi connectivity index (χ1n) is 10.6. The summed E-state index contributed by atoms with van der Waals surface area (Å²) in [6.07, 6.45) is 5.38. The number of amides is 1. The Morgan fingerprint density at radius 3 is 2.62 bits per heavy atom. The van der Waals surface area contributed by atoms with Crippen molar-refractivity contribution in [3.63, 3.8) is 0 Å². The average molecular weight is 402 g/mol. The zero-order valence-electron chi connectivity index (χ0n) is 17.3. The average Bonchev–Trinajstić information content (AvgIpc) is 3.39. The smallest absolute Gasteiger partial charge is 0.410 e. The Kier molecular flexibility index (Phi) is 5.95. The SMILES string of the molecule is CC1(C)O[C@@H]2[C@H](O1)[C@@H](O)C[C@H]2N(CC=C1CCCC1)C(=O)OCc1ccccc1. The zero-order valence-corrected chi connectivity index (χ0v) is 17.3. The van der Waals surface area contributed by atoms with Crippen LogP contribution >= 0.6 is 0 Å². The first-order valence-corrected chi connectivity index (χ1v) is 10.6. The molecule has 2 saturated carbocycles. The number of benzene rings is 1. The van der Waals surface area contributed by atoms with E-state index in [0.717, 1.165) is 18.4 Å². The van der Waals surface area contributed by atoms with E-state index in [1.165, 1.54) is 18.4 Å². The molecule has 3 fully saturated rings. The van der Waals surface area contributed by atoms with Gasteiger partial charge in [0.05, 0.1) is 12.1 Å². The van der Waals surface area contributed by atoms with Crippen LogP contribution in [0, 0.1) is 0 Å². The fourth-order valence-corrected chi connectivity index (χ4v) is 4.64. The molecule has 29 heavy (non-hydrogen) atoms. The van der Waals surface area contributed by atoms with E-state index >= 15 is 0 Å². The second kappa shape index (κ2) is 8.46. The summed E-state index contributed by atoms with van der Waals surface area (Å²) in [5.41, 5.74) is 2.34. The van der Waals surface area contributed by atoms with Gasteiger partial charge in [-0.15, -0.1) is 0 Å². The monoisotopic (exact) mass is 401 g/mol. The van der Waals surface area contributed by atoms with Gasteiger partial charge >= 0.3 is 6.09 Å². The molecular formula is C23H31NO5. The van der Waals surface area contributed by atoms with Crippen molar-refractivity contribution in [2.45, 2.75) is 82.7 Å². The lowest BCUT2D eigenvalue weighted by atomic mass is 10.1. The van der Waals surface area contributed by atoms with E-state index in [9.17, 15) is 9.90 Å². The van der Waals surface area contributed by atoms with Crippen molar-refractivity contribution >= 4 is 6.09 Å². The lowest BCUT2D eigenvalue weighted by Crippen LogP contribution is -2.47. The molecule has 1 N–H and O–H groups in total. The molecule has 1 amide bonds. The number of carbonyl (C=O) groups excluding carboxylic acids is 1. The maximum atomic E-state index is 13.1. The summed E-state index contributed by atoms with van der Waals surface area (Å²) in [7, 11) is 0.